The summed E-state index contributed by atoms with van der Waals surface area (Å²) in [5.41, 5.74) is 1.85. The van der Waals surface area contributed by atoms with Crippen LogP contribution in [0.2, 0.25) is 5.02 Å². The second-order valence-electron chi connectivity index (χ2n) is 7.84. The van der Waals surface area contributed by atoms with E-state index < -0.39 is 0 Å². The average Bonchev–Trinajstić information content (AvgIpc) is 3.23. The molecular formula is C24H32ClN3O4. The van der Waals surface area contributed by atoms with Crippen LogP contribution in [0.1, 0.15) is 31.2 Å². The zero-order valence-electron chi connectivity index (χ0n) is 18.9. The van der Waals surface area contributed by atoms with Gasteiger partial charge in [0.15, 0.2) is 11.5 Å². The molecule has 7 nitrogen and oxygen atoms in total. The molecule has 0 spiro atoms. The van der Waals surface area contributed by atoms with Crippen LogP contribution in [0.25, 0.3) is 0 Å². The van der Waals surface area contributed by atoms with Crippen molar-refractivity contribution < 1.29 is 19.0 Å². The Morgan fingerprint density at radius 1 is 1.00 bits per heavy atom. The lowest BCUT2D eigenvalue weighted by Gasteiger charge is -2.23. The zero-order chi connectivity index (χ0) is 22.9. The first-order valence-electron chi connectivity index (χ1n) is 10.9. The quantitative estimate of drug-likeness (QED) is 0.449. The van der Waals surface area contributed by atoms with E-state index in [0.29, 0.717) is 22.9 Å². The molecule has 174 valence electrons. The molecule has 0 aromatic heterocycles. The number of hydrogen-bond donors (Lipinski definition) is 3. The molecule has 3 rings (SSSR count). The molecular weight excluding hydrogens is 430 g/mol. The van der Waals surface area contributed by atoms with Crippen LogP contribution in [0.3, 0.4) is 0 Å². The topological polar surface area (TPSA) is 80.9 Å². The van der Waals surface area contributed by atoms with Crippen molar-refractivity contribution in [3.8, 4) is 17.2 Å². The second kappa shape index (κ2) is 11.8. The third kappa shape index (κ3) is 6.43. The molecule has 1 saturated carbocycles. The monoisotopic (exact) mass is 461 g/mol. The van der Waals surface area contributed by atoms with Crippen LogP contribution in [-0.4, -0.2) is 46.0 Å². The van der Waals surface area contributed by atoms with Gasteiger partial charge in [-0.05, 0) is 56.3 Å². The van der Waals surface area contributed by atoms with E-state index in [-0.39, 0.29) is 18.1 Å². The Labute approximate surface area is 194 Å². The molecule has 0 heterocycles. The molecule has 2 unspecified atom stereocenters. The number of nitrogens with one attached hydrogen (secondary N) is 3. The minimum absolute atomic E-state index is 0.0903. The highest BCUT2D eigenvalue weighted by Gasteiger charge is 2.28. The lowest BCUT2D eigenvalue weighted by atomic mass is 10.1. The van der Waals surface area contributed by atoms with Gasteiger partial charge in [0, 0.05) is 29.2 Å². The first kappa shape index (κ1) is 24.0. The molecule has 1 aliphatic rings. The Bertz CT molecular complexity index is 866. The minimum atomic E-state index is -0.251. The van der Waals surface area contributed by atoms with E-state index in [9.17, 15) is 4.79 Å². The number of carbonyl (C=O) groups is 1. The summed E-state index contributed by atoms with van der Waals surface area (Å²) in [5.74, 6) is 1.46. The van der Waals surface area contributed by atoms with Gasteiger partial charge in [0.2, 0.25) is 5.75 Å². The number of urea groups is 1. The number of amides is 2. The highest BCUT2D eigenvalue weighted by molar-refractivity contribution is 6.30. The summed E-state index contributed by atoms with van der Waals surface area (Å²) < 4.78 is 16.0. The fraction of sp³-hybridized carbons (Fsp3) is 0.458. The van der Waals surface area contributed by atoms with Crippen molar-refractivity contribution in [3.63, 3.8) is 0 Å². The first-order valence-corrected chi connectivity index (χ1v) is 11.3. The number of aryl methyl sites for hydroxylation is 1. The predicted octanol–water partition coefficient (Wildman–Crippen LogP) is 4.63. The van der Waals surface area contributed by atoms with Crippen molar-refractivity contribution in [1.82, 2.24) is 10.6 Å². The van der Waals surface area contributed by atoms with Crippen molar-refractivity contribution in [2.24, 2.45) is 0 Å². The van der Waals surface area contributed by atoms with Gasteiger partial charge in [-0.3, -0.25) is 0 Å². The fourth-order valence-corrected chi connectivity index (χ4v) is 4.22. The largest absolute Gasteiger partial charge is 0.493 e. The summed E-state index contributed by atoms with van der Waals surface area (Å²) in [5, 5.41) is 10.4. The summed E-state index contributed by atoms with van der Waals surface area (Å²) in [7, 11) is 4.63. The molecule has 3 N–H and O–H groups in total. The summed E-state index contributed by atoms with van der Waals surface area (Å²) in [4.78, 5) is 12.6. The van der Waals surface area contributed by atoms with E-state index in [1.807, 2.05) is 12.1 Å². The van der Waals surface area contributed by atoms with E-state index in [0.717, 1.165) is 43.7 Å². The van der Waals surface area contributed by atoms with Crippen LogP contribution in [0.15, 0.2) is 36.4 Å². The normalized spacial score (nSPS) is 17.6. The van der Waals surface area contributed by atoms with Crippen LogP contribution < -0.4 is 30.2 Å². The lowest BCUT2D eigenvalue weighted by molar-refractivity contribution is 0.246. The smallest absolute Gasteiger partial charge is 0.319 e. The molecule has 0 radical (unpaired) electrons. The van der Waals surface area contributed by atoms with E-state index in [4.69, 9.17) is 25.8 Å². The molecule has 2 aromatic rings. The Balaban J connectivity index is 1.49. The maximum absolute atomic E-state index is 12.6. The molecule has 0 aliphatic heterocycles. The van der Waals surface area contributed by atoms with Gasteiger partial charge in [0.05, 0.1) is 27.0 Å². The number of ether oxygens (including phenoxy) is 3. The van der Waals surface area contributed by atoms with Crippen LogP contribution in [-0.2, 0) is 6.42 Å². The van der Waals surface area contributed by atoms with E-state index in [1.165, 1.54) is 5.56 Å². The number of carbonyl (C=O) groups excluding carboxylic acids is 1. The molecule has 1 fully saturated rings. The number of halogens is 1. The minimum Gasteiger partial charge on any atom is -0.493 e. The summed E-state index contributed by atoms with van der Waals surface area (Å²) in [6.07, 6.45) is 5.12. The average molecular weight is 462 g/mol. The van der Waals surface area contributed by atoms with Gasteiger partial charge < -0.3 is 30.2 Å². The van der Waals surface area contributed by atoms with Crippen LogP contribution in [0, 0.1) is 0 Å². The Hall–Kier alpha value is -2.64. The standard InChI is InChI=1S/C24H32ClN3O4/c1-30-21-14-18(15-22(31-2)23(21)32-3)27-24(29)28-20-8-4-7-19(20)26-13-5-6-16-9-11-17(25)12-10-16/h9-12,14-15,19-20,26H,4-8,13H2,1-3H3,(H2,27,28,29). The summed E-state index contributed by atoms with van der Waals surface area (Å²) >= 11 is 5.94. The third-order valence-electron chi connectivity index (χ3n) is 5.72. The van der Waals surface area contributed by atoms with Gasteiger partial charge in [-0.2, -0.15) is 0 Å². The third-order valence-corrected chi connectivity index (χ3v) is 5.97. The number of methoxy groups -OCH3 is 3. The fourth-order valence-electron chi connectivity index (χ4n) is 4.10. The summed E-state index contributed by atoms with van der Waals surface area (Å²) in [6, 6.07) is 11.5. The van der Waals surface area contributed by atoms with Crippen molar-refractivity contribution in [1.29, 1.82) is 0 Å². The molecule has 8 heteroatoms. The van der Waals surface area contributed by atoms with Crippen molar-refractivity contribution in [2.75, 3.05) is 33.2 Å². The SMILES string of the molecule is COc1cc(NC(=O)NC2CCCC2NCCCc2ccc(Cl)cc2)cc(OC)c1OC. The van der Waals surface area contributed by atoms with Gasteiger partial charge in [0.25, 0.3) is 0 Å². The maximum atomic E-state index is 12.6. The predicted molar refractivity (Wildman–Crippen MR) is 127 cm³/mol. The Morgan fingerprint density at radius 3 is 2.28 bits per heavy atom. The highest BCUT2D eigenvalue weighted by atomic mass is 35.5. The Kier molecular flexibility index (Phi) is 8.88. The van der Waals surface area contributed by atoms with Gasteiger partial charge in [0.1, 0.15) is 0 Å². The van der Waals surface area contributed by atoms with Crippen LogP contribution >= 0.6 is 11.6 Å². The van der Waals surface area contributed by atoms with Crippen molar-refractivity contribution in [3.05, 3.63) is 47.0 Å². The lowest BCUT2D eigenvalue weighted by Crippen LogP contribution is -2.48. The summed E-state index contributed by atoms with van der Waals surface area (Å²) in [6.45, 7) is 0.903. The number of benzene rings is 2. The van der Waals surface area contributed by atoms with Crippen molar-refractivity contribution >= 4 is 23.3 Å². The maximum Gasteiger partial charge on any atom is 0.319 e. The molecule has 2 aromatic carbocycles. The van der Waals surface area contributed by atoms with E-state index in [1.54, 1.807) is 33.5 Å². The number of rotatable bonds is 10. The van der Waals surface area contributed by atoms with Gasteiger partial charge in [-0.25, -0.2) is 4.79 Å². The molecule has 2 amide bonds. The number of anilines is 1. The molecule has 2 atom stereocenters. The molecule has 1 aliphatic carbocycles. The Morgan fingerprint density at radius 2 is 1.66 bits per heavy atom. The molecule has 0 bridgehead atoms. The van der Waals surface area contributed by atoms with Crippen molar-refractivity contribution in [2.45, 2.75) is 44.2 Å². The van der Waals surface area contributed by atoms with Gasteiger partial charge in [-0.1, -0.05) is 23.7 Å². The highest BCUT2D eigenvalue weighted by Crippen LogP contribution is 2.39. The zero-order valence-corrected chi connectivity index (χ0v) is 19.6. The van der Waals surface area contributed by atoms with E-state index >= 15 is 0 Å². The van der Waals surface area contributed by atoms with Gasteiger partial charge >= 0.3 is 6.03 Å². The van der Waals surface area contributed by atoms with E-state index in [2.05, 4.69) is 28.1 Å². The molecule has 32 heavy (non-hydrogen) atoms. The first-order chi connectivity index (χ1) is 15.5. The van der Waals surface area contributed by atoms with Gasteiger partial charge in [-0.15, -0.1) is 0 Å². The number of hydrogen-bond acceptors (Lipinski definition) is 5. The second-order valence-corrected chi connectivity index (χ2v) is 8.28. The van der Waals surface area contributed by atoms with Crippen LogP contribution in [0.5, 0.6) is 17.2 Å². The van der Waals surface area contributed by atoms with Crippen LogP contribution in [0.4, 0.5) is 10.5 Å². The molecule has 0 saturated heterocycles.